The van der Waals surface area contributed by atoms with Gasteiger partial charge in [0.25, 0.3) is 0 Å². The van der Waals surface area contributed by atoms with Crippen LogP contribution in [0.5, 0.6) is 0 Å². The Morgan fingerprint density at radius 3 is 2.86 bits per heavy atom. The Morgan fingerprint density at radius 2 is 2.10 bits per heavy atom. The number of benzene rings is 1. The molecule has 7 heteroatoms. The third-order valence-corrected chi connectivity index (χ3v) is 3.45. The second-order valence-electron chi connectivity index (χ2n) is 4.60. The van der Waals surface area contributed by atoms with Crippen molar-refractivity contribution in [2.24, 2.45) is 0 Å². The van der Waals surface area contributed by atoms with Crippen molar-refractivity contribution in [3.63, 3.8) is 0 Å². The number of nitrogens with one attached hydrogen (secondary N) is 1. The summed E-state index contributed by atoms with van der Waals surface area (Å²) in [6.45, 7) is 3.35. The Labute approximate surface area is 127 Å². The minimum Gasteiger partial charge on any atom is -0.398 e. The molecule has 108 valence electrons. The van der Waals surface area contributed by atoms with Gasteiger partial charge in [0, 0.05) is 18.8 Å². The summed E-state index contributed by atoms with van der Waals surface area (Å²) >= 11 is 5.99. The lowest BCUT2D eigenvalue weighted by molar-refractivity contribution is 0.777. The van der Waals surface area contributed by atoms with Crippen LogP contribution in [0.4, 0.5) is 11.5 Å². The third-order valence-electron chi connectivity index (χ3n) is 3.28. The lowest BCUT2D eigenvalue weighted by Crippen LogP contribution is -2.06. The summed E-state index contributed by atoms with van der Waals surface area (Å²) < 4.78 is 1.92. The van der Waals surface area contributed by atoms with Crippen LogP contribution in [0.15, 0.2) is 30.6 Å². The number of nitrogens with two attached hydrogens (primary N) is 1. The van der Waals surface area contributed by atoms with Gasteiger partial charge in [0.05, 0.1) is 6.33 Å². The van der Waals surface area contributed by atoms with Gasteiger partial charge < -0.3 is 15.6 Å². The first-order valence-electron chi connectivity index (χ1n) is 6.64. The van der Waals surface area contributed by atoms with Gasteiger partial charge >= 0.3 is 0 Å². The van der Waals surface area contributed by atoms with Crippen molar-refractivity contribution in [3.05, 3.63) is 41.4 Å². The molecule has 0 aliphatic rings. The Balaban J connectivity index is 1.94. The van der Waals surface area contributed by atoms with Gasteiger partial charge in [-0.05, 0) is 30.2 Å². The fourth-order valence-corrected chi connectivity index (χ4v) is 2.31. The number of halogens is 1. The van der Waals surface area contributed by atoms with E-state index in [0.717, 1.165) is 23.4 Å². The number of aryl methyl sites for hydroxylation is 1. The first-order chi connectivity index (χ1) is 10.2. The van der Waals surface area contributed by atoms with Crippen molar-refractivity contribution in [1.29, 1.82) is 0 Å². The lowest BCUT2D eigenvalue weighted by atomic mass is 10.2. The summed E-state index contributed by atoms with van der Waals surface area (Å²) in [7, 11) is 0. The summed E-state index contributed by atoms with van der Waals surface area (Å²) in [6, 6.07) is 7.68. The highest BCUT2D eigenvalue weighted by Gasteiger charge is 2.12. The van der Waals surface area contributed by atoms with E-state index in [2.05, 4.69) is 20.3 Å². The Kier molecular flexibility index (Phi) is 3.62. The first kappa shape index (κ1) is 13.6. The Bertz CT molecular complexity index is 782. The largest absolute Gasteiger partial charge is 0.398 e. The van der Waals surface area contributed by atoms with Gasteiger partial charge in [0.2, 0.25) is 5.28 Å². The van der Waals surface area contributed by atoms with Crippen molar-refractivity contribution >= 4 is 34.3 Å². The molecular weight excluding hydrogens is 288 g/mol. The van der Waals surface area contributed by atoms with Crippen LogP contribution in [-0.2, 0) is 13.1 Å². The van der Waals surface area contributed by atoms with Crippen LogP contribution < -0.4 is 11.1 Å². The predicted molar refractivity (Wildman–Crippen MR) is 84.2 cm³/mol. The van der Waals surface area contributed by atoms with E-state index >= 15 is 0 Å². The minimum absolute atomic E-state index is 0.196. The topological polar surface area (TPSA) is 81.7 Å². The predicted octanol–water partition coefficient (Wildman–Crippen LogP) is 2.69. The first-order valence-corrected chi connectivity index (χ1v) is 7.02. The van der Waals surface area contributed by atoms with Crippen LogP contribution in [0.3, 0.4) is 0 Å². The van der Waals surface area contributed by atoms with E-state index in [1.54, 1.807) is 6.33 Å². The number of imidazole rings is 1. The number of anilines is 2. The van der Waals surface area contributed by atoms with Gasteiger partial charge in [-0.25, -0.2) is 4.98 Å². The SMILES string of the molecule is CCn1cnc2c(NCc3ccccc3N)nc(Cl)nc21. The molecule has 0 saturated heterocycles. The molecule has 21 heavy (non-hydrogen) atoms. The molecule has 0 spiro atoms. The van der Waals surface area contributed by atoms with Gasteiger partial charge in [0.1, 0.15) is 0 Å². The fourth-order valence-electron chi connectivity index (χ4n) is 2.15. The normalized spacial score (nSPS) is 11.0. The lowest BCUT2D eigenvalue weighted by Gasteiger charge is -2.09. The molecule has 0 saturated carbocycles. The van der Waals surface area contributed by atoms with E-state index in [4.69, 9.17) is 17.3 Å². The van der Waals surface area contributed by atoms with Gasteiger partial charge in [-0.15, -0.1) is 0 Å². The van der Waals surface area contributed by atoms with E-state index in [9.17, 15) is 0 Å². The van der Waals surface area contributed by atoms with Crippen LogP contribution in [0.1, 0.15) is 12.5 Å². The molecular formula is C14H15ClN6. The van der Waals surface area contributed by atoms with Crippen molar-refractivity contribution in [2.75, 3.05) is 11.1 Å². The number of aromatic nitrogens is 4. The molecule has 0 unspecified atom stereocenters. The number of nitrogen functional groups attached to an aromatic ring is 1. The van der Waals surface area contributed by atoms with Gasteiger partial charge in [0.15, 0.2) is 17.0 Å². The van der Waals surface area contributed by atoms with Crippen molar-refractivity contribution in [3.8, 4) is 0 Å². The van der Waals surface area contributed by atoms with Crippen LogP contribution in [0, 0.1) is 0 Å². The van der Waals surface area contributed by atoms with E-state index in [-0.39, 0.29) is 5.28 Å². The van der Waals surface area contributed by atoms with Crippen molar-refractivity contribution < 1.29 is 0 Å². The summed E-state index contributed by atoms with van der Waals surface area (Å²) in [5.74, 6) is 0.612. The van der Waals surface area contributed by atoms with E-state index in [1.165, 1.54) is 0 Å². The average molecular weight is 303 g/mol. The number of hydrogen-bond donors (Lipinski definition) is 2. The molecule has 0 aliphatic heterocycles. The average Bonchev–Trinajstić information content (AvgIpc) is 2.89. The van der Waals surface area contributed by atoms with Crippen LogP contribution in [-0.4, -0.2) is 19.5 Å². The summed E-state index contributed by atoms with van der Waals surface area (Å²) in [6.07, 6.45) is 1.73. The second kappa shape index (κ2) is 5.57. The molecule has 0 radical (unpaired) electrons. The van der Waals surface area contributed by atoms with Crippen molar-refractivity contribution in [1.82, 2.24) is 19.5 Å². The molecule has 0 aliphatic carbocycles. The summed E-state index contributed by atoms with van der Waals surface area (Å²) in [5.41, 5.74) is 9.09. The van der Waals surface area contributed by atoms with Crippen LogP contribution in [0.25, 0.3) is 11.2 Å². The minimum atomic E-state index is 0.196. The molecule has 0 atom stereocenters. The van der Waals surface area contributed by atoms with E-state index < -0.39 is 0 Å². The number of rotatable bonds is 4. The number of nitrogens with zero attached hydrogens (tertiary/aromatic N) is 4. The van der Waals surface area contributed by atoms with E-state index in [1.807, 2.05) is 35.8 Å². The van der Waals surface area contributed by atoms with Crippen molar-refractivity contribution in [2.45, 2.75) is 20.0 Å². The summed E-state index contributed by atoms with van der Waals surface area (Å²) in [4.78, 5) is 12.8. The van der Waals surface area contributed by atoms with Crippen LogP contribution >= 0.6 is 11.6 Å². The summed E-state index contributed by atoms with van der Waals surface area (Å²) in [5, 5.41) is 3.43. The monoisotopic (exact) mass is 302 g/mol. The molecule has 2 heterocycles. The smallest absolute Gasteiger partial charge is 0.226 e. The molecule has 0 bridgehead atoms. The maximum Gasteiger partial charge on any atom is 0.226 e. The number of fused-ring (bicyclic) bond motifs is 1. The molecule has 2 aromatic heterocycles. The quantitative estimate of drug-likeness (QED) is 0.572. The second-order valence-corrected chi connectivity index (χ2v) is 4.93. The third kappa shape index (κ3) is 2.62. The molecule has 0 amide bonds. The molecule has 3 rings (SSSR count). The fraction of sp³-hybridized carbons (Fsp3) is 0.214. The zero-order valence-corrected chi connectivity index (χ0v) is 12.3. The highest BCUT2D eigenvalue weighted by Crippen LogP contribution is 2.22. The Hall–Kier alpha value is -2.34. The zero-order valence-electron chi connectivity index (χ0n) is 11.5. The highest BCUT2D eigenvalue weighted by molar-refractivity contribution is 6.28. The molecule has 3 N–H and O–H groups in total. The number of para-hydroxylation sites is 1. The maximum atomic E-state index is 5.99. The zero-order chi connectivity index (χ0) is 14.8. The molecule has 3 aromatic rings. The van der Waals surface area contributed by atoms with E-state index in [0.29, 0.717) is 17.9 Å². The Morgan fingerprint density at radius 1 is 1.29 bits per heavy atom. The van der Waals surface area contributed by atoms with Gasteiger partial charge in [-0.3, -0.25) is 0 Å². The maximum absolute atomic E-state index is 5.99. The standard InChI is InChI=1S/C14H15ClN6/c1-2-21-8-18-11-12(19-14(15)20-13(11)21)17-7-9-5-3-4-6-10(9)16/h3-6,8H,2,7,16H2,1H3,(H,17,19,20). The van der Waals surface area contributed by atoms with Gasteiger partial charge in [-0.2, -0.15) is 9.97 Å². The molecule has 0 fully saturated rings. The molecule has 1 aromatic carbocycles. The number of hydrogen-bond acceptors (Lipinski definition) is 5. The van der Waals surface area contributed by atoms with Gasteiger partial charge in [-0.1, -0.05) is 18.2 Å². The molecule has 6 nitrogen and oxygen atoms in total. The van der Waals surface area contributed by atoms with Crippen LogP contribution in [0.2, 0.25) is 5.28 Å². The highest BCUT2D eigenvalue weighted by atomic mass is 35.5.